The summed E-state index contributed by atoms with van der Waals surface area (Å²) < 4.78 is 5.27. The van der Waals surface area contributed by atoms with Crippen LogP contribution in [-0.4, -0.2) is 55.9 Å². The number of halogens is 1. The van der Waals surface area contributed by atoms with Gasteiger partial charge in [0.1, 0.15) is 23.7 Å². The first kappa shape index (κ1) is 25.2. The number of non-ortho nitro benzene ring substituents is 1. The third-order valence-corrected chi connectivity index (χ3v) is 7.30. The van der Waals surface area contributed by atoms with Crippen molar-refractivity contribution >= 4 is 52.8 Å². The summed E-state index contributed by atoms with van der Waals surface area (Å²) in [6.07, 6.45) is -0.232. The van der Waals surface area contributed by atoms with Crippen LogP contribution in [0.25, 0.3) is 0 Å². The SMILES string of the molecule is O=C(Cc1ccccc1C(=O)O)NC1C(=O)N2C(C(=O)OCc3ccc([N+](=O)[O-])cc3)=C(Cl)CS[C@H]12. The molecule has 0 radical (unpaired) electrons. The minimum absolute atomic E-state index is 0.00554. The summed E-state index contributed by atoms with van der Waals surface area (Å²) in [6.45, 7) is -0.187. The molecule has 2 amide bonds. The quantitative estimate of drug-likeness (QED) is 0.226. The van der Waals surface area contributed by atoms with Crippen molar-refractivity contribution in [2.24, 2.45) is 0 Å². The van der Waals surface area contributed by atoms with Gasteiger partial charge in [0.15, 0.2) is 0 Å². The third-order valence-electron chi connectivity index (χ3n) is 5.55. The zero-order chi connectivity index (χ0) is 26.0. The number of fused-ring (bicyclic) bond motifs is 1. The number of carbonyl (C=O) groups is 4. The minimum atomic E-state index is -1.16. The van der Waals surface area contributed by atoms with E-state index in [4.69, 9.17) is 16.3 Å². The van der Waals surface area contributed by atoms with E-state index in [2.05, 4.69) is 5.32 Å². The van der Waals surface area contributed by atoms with Gasteiger partial charge in [0.25, 0.3) is 11.6 Å². The number of nitrogens with zero attached hydrogens (tertiary/aromatic N) is 2. The maximum atomic E-state index is 12.8. The molecular weight excluding hydrogens is 514 g/mol. The first-order valence-corrected chi connectivity index (χ1v) is 11.9. The van der Waals surface area contributed by atoms with E-state index in [1.54, 1.807) is 12.1 Å². The summed E-state index contributed by atoms with van der Waals surface area (Å²) in [5.41, 5.74) is 0.590. The van der Waals surface area contributed by atoms with Crippen LogP contribution in [0.3, 0.4) is 0 Å². The number of esters is 1. The number of nitrogens with one attached hydrogen (secondary N) is 1. The van der Waals surface area contributed by atoms with Gasteiger partial charge in [-0.3, -0.25) is 24.6 Å². The summed E-state index contributed by atoms with van der Waals surface area (Å²) in [7, 11) is 0. The second-order valence-electron chi connectivity index (χ2n) is 7.85. The first-order valence-electron chi connectivity index (χ1n) is 10.5. The molecule has 2 heterocycles. The van der Waals surface area contributed by atoms with Gasteiger partial charge in [0.2, 0.25) is 5.91 Å². The van der Waals surface area contributed by atoms with Crippen molar-refractivity contribution in [3.63, 3.8) is 0 Å². The molecule has 2 aromatic rings. The van der Waals surface area contributed by atoms with E-state index in [0.717, 1.165) is 0 Å². The maximum absolute atomic E-state index is 12.8. The molecule has 0 aromatic heterocycles. The van der Waals surface area contributed by atoms with E-state index in [-0.39, 0.29) is 40.8 Å². The van der Waals surface area contributed by atoms with Crippen molar-refractivity contribution < 1.29 is 33.9 Å². The van der Waals surface area contributed by atoms with Gasteiger partial charge in [-0.1, -0.05) is 29.8 Å². The molecule has 36 heavy (non-hydrogen) atoms. The number of amides is 2. The van der Waals surface area contributed by atoms with Crippen LogP contribution < -0.4 is 5.32 Å². The average molecular weight is 532 g/mol. The molecule has 1 fully saturated rings. The summed E-state index contributed by atoms with van der Waals surface area (Å²) in [4.78, 5) is 60.9. The number of rotatable bonds is 8. The van der Waals surface area contributed by atoms with Gasteiger partial charge in [-0.15, -0.1) is 11.8 Å². The Morgan fingerprint density at radius 1 is 1.19 bits per heavy atom. The van der Waals surface area contributed by atoms with Crippen molar-refractivity contribution in [3.05, 3.63) is 86.1 Å². The van der Waals surface area contributed by atoms with E-state index in [9.17, 15) is 34.4 Å². The standard InChI is InChI=1S/C23H18ClN3O8S/c24-16-11-36-21-18(25-17(28)9-13-3-1-2-4-15(13)22(30)31)20(29)26(21)19(16)23(32)35-10-12-5-7-14(8-6-12)27(33)34/h1-8,18,21H,9-11H2,(H,25,28)(H,30,31)/t18?,21-/m1/s1. The van der Waals surface area contributed by atoms with Crippen molar-refractivity contribution in [2.45, 2.75) is 24.4 Å². The molecule has 2 N–H and O–H groups in total. The number of carboxylic acids is 1. The number of hydrogen-bond donors (Lipinski definition) is 2. The predicted molar refractivity (Wildman–Crippen MR) is 128 cm³/mol. The predicted octanol–water partition coefficient (Wildman–Crippen LogP) is 2.43. The maximum Gasteiger partial charge on any atom is 0.356 e. The lowest BCUT2D eigenvalue weighted by molar-refractivity contribution is -0.384. The molecule has 186 valence electrons. The van der Waals surface area contributed by atoms with E-state index in [1.165, 1.54) is 53.1 Å². The van der Waals surface area contributed by atoms with Gasteiger partial charge in [0, 0.05) is 17.9 Å². The molecule has 1 unspecified atom stereocenters. The lowest BCUT2D eigenvalue weighted by atomic mass is 10.0. The highest BCUT2D eigenvalue weighted by atomic mass is 35.5. The van der Waals surface area contributed by atoms with Crippen LogP contribution >= 0.6 is 23.4 Å². The normalized spacial score (nSPS) is 18.7. The molecule has 2 aliphatic heterocycles. The highest BCUT2D eigenvalue weighted by molar-refractivity contribution is 8.00. The van der Waals surface area contributed by atoms with Gasteiger partial charge < -0.3 is 15.2 Å². The molecule has 2 atom stereocenters. The Bertz CT molecular complexity index is 1300. The molecule has 4 rings (SSSR count). The molecular formula is C23H18ClN3O8S. The van der Waals surface area contributed by atoms with Crippen LogP contribution in [0.2, 0.25) is 0 Å². The van der Waals surface area contributed by atoms with E-state index >= 15 is 0 Å². The van der Waals surface area contributed by atoms with Crippen molar-refractivity contribution in [1.82, 2.24) is 10.2 Å². The second-order valence-corrected chi connectivity index (χ2v) is 9.41. The van der Waals surface area contributed by atoms with Gasteiger partial charge >= 0.3 is 11.9 Å². The van der Waals surface area contributed by atoms with Crippen molar-refractivity contribution in [1.29, 1.82) is 0 Å². The topological polar surface area (TPSA) is 156 Å². The van der Waals surface area contributed by atoms with Gasteiger partial charge in [0.05, 0.1) is 21.9 Å². The van der Waals surface area contributed by atoms with Gasteiger partial charge in [-0.2, -0.15) is 0 Å². The van der Waals surface area contributed by atoms with Crippen molar-refractivity contribution in [3.8, 4) is 0 Å². The lowest BCUT2D eigenvalue weighted by Crippen LogP contribution is -2.70. The first-order chi connectivity index (χ1) is 17.2. The van der Waals surface area contributed by atoms with Crippen molar-refractivity contribution in [2.75, 3.05) is 5.75 Å². The number of β-lactam (4-membered cyclic amide) rings is 1. The number of ether oxygens (including phenoxy) is 1. The van der Waals surface area contributed by atoms with Gasteiger partial charge in [-0.25, -0.2) is 9.59 Å². The fourth-order valence-electron chi connectivity index (χ4n) is 3.78. The Labute approximate surface area is 213 Å². The van der Waals surface area contributed by atoms with E-state index in [0.29, 0.717) is 11.1 Å². The van der Waals surface area contributed by atoms with Crippen LogP contribution in [0, 0.1) is 10.1 Å². The largest absolute Gasteiger partial charge is 0.478 e. The van der Waals surface area contributed by atoms with Gasteiger partial charge in [-0.05, 0) is 29.3 Å². The summed E-state index contributed by atoms with van der Waals surface area (Å²) in [5.74, 6) is -2.87. The highest BCUT2D eigenvalue weighted by Gasteiger charge is 2.54. The lowest BCUT2D eigenvalue weighted by Gasteiger charge is -2.49. The second kappa shape index (κ2) is 10.4. The molecule has 0 aliphatic carbocycles. The zero-order valence-electron chi connectivity index (χ0n) is 18.4. The molecule has 1 saturated heterocycles. The number of nitro groups is 1. The number of carboxylic acid groups (broad SMARTS) is 1. The van der Waals surface area contributed by atoms with Crippen LogP contribution in [-0.2, 0) is 32.1 Å². The van der Waals surface area contributed by atoms with Crippen LogP contribution in [0.1, 0.15) is 21.5 Å². The Kier molecular flexibility index (Phi) is 7.27. The smallest absolute Gasteiger partial charge is 0.356 e. The molecule has 2 aliphatic rings. The van der Waals surface area contributed by atoms with E-state index in [1.807, 2.05) is 0 Å². The Morgan fingerprint density at radius 3 is 2.56 bits per heavy atom. The molecule has 0 spiro atoms. The molecule has 11 nitrogen and oxygen atoms in total. The Balaban J connectivity index is 1.39. The minimum Gasteiger partial charge on any atom is -0.478 e. The summed E-state index contributed by atoms with van der Waals surface area (Å²) in [5, 5.41) is 22.2. The fourth-order valence-corrected chi connectivity index (χ4v) is 5.33. The molecule has 2 aromatic carbocycles. The molecule has 13 heteroatoms. The van der Waals surface area contributed by atoms with E-state index < -0.39 is 40.1 Å². The van der Waals surface area contributed by atoms with Crippen LogP contribution in [0.5, 0.6) is 0 Å². The number of benzene rings is 2. The zero-order valence-corrected chi connectivity index (χ0v) is 20.0. The monoisotopic (exact) mass is 531 g/mol. The Morgan fingerprint density at radius 2 is 1.89 bits per heavy atom. The number of thioether (sulfide) groups is 1. The third kappa shape index (κ3) is 5.04. The van der Waals surface area contributed by atoms with Crippen LogP contribution in [0.4, 0.5) is 5.69 Å². The summed E-state index contributed by atoms with van der Waals surface area (Å²) >= 11 is 7.49. The van der Waals surface area contributed by atoms with Crippen LogP contribution in [0.15, 0.2) is 59.3 Å². The number of nitro benzene ring substituents is 1. The number of aromatic carboxylic acids is 1. The average Bonchev–Trinajstić information content (AvgIpc) is 2.86. The molecule has 0 bridgehead atoms. The fraction of sp³-hybridized carbons (Fsp3) is 0.217. The Hall–Kier alpha value is -3.90. The highest BCUT2D eigenvalue weighted by Crippen LogP contribution is 2.41. The molecule has 0 saturated carbocycles. The summed E-state index contributed by atoms with van der Waals surface area (Å²) in [6, 6.07) is 10.6. The number of carbonyl (C=O) groups excluding carboxylic acids is 3. The number of hydrogen-bond acceptors (Lipinski definition) is 8.